The summed E-state index contributed by atoms with van der Waals surface area (Å²) in [7, 11) is 0. The Morgan fingerprint density at radius 3 is 2.88 bits per heavy atom. The molecule has 8 heteroatoms. The summed E-state index contributed by atoms with van der Waals surface area (Å²) in [5.74, 6) is 0.475. The molecule has 1 N–H and O–H groups in total. The Kier molecular flexibility index (Phi) is 3.70. The molecule has 4 aromatic rings. The molecular weight excluding hydrogens is 318 g/mol. The minimum atomic E-state index is -0.197. The third-order valence-electron chi connectivity index (χ3n) is 3.93. The zero-order chi connectivity index (χ0) is 17.2. The van der Waals surface area contributed by atoms with Gasteiger partial charge in [-0.3, -0.25) is 4.79 Å². The van der Waals surface area contributed by atoms with Gasteiger partial charge in [-0.05, 0) is 31.2 Å². The van der Waals surface area contributed by atoms with Crippen LogP contribution in [-0.4, -0.2) is 35.3 Å². The van der Waals surface area contributed by atoms with E-state index in [0.29, 0.717) is 17.9 Å². The van der Waals surface area contributed by atoms with Gasteiger partial charge in [0.05, 0.1) is 29.7 Å². The number of hydrogen-bond acceptors (Lipinski definition) is 5. The van der Waals surface area contributed by atoms with Crippen molar-refractivity contribution in [1.29, 1.82) is 0 Å². The number of carbonyl (C=O) groups excluding carboxylic acids is 1. The van der Waals surface area contributed by atoms with E-state index in [9.17, 15) is 4.79 Å². The molecule has 0 saturated heterocycles. The lowest BCUT2D eigenvalue weighted by Gasteiger charge is -2.07. The quantitative estimate of drug-likeness (QED) is 0.612. The molecule has 0 aliphatic rings. The Morgan fingerprint density at radius 2 is 2.04 bits per heavy atom. The topological polar surface area (TPSA) is 90.0 Å². The number of rotatable bonds is 4. The van der Waals surface area contributed by atoms with Gasteiger partial charge >= 0.3 is 0 Å². The van der Waals surface area contributed by atoms with Crippen LogP contribution in [-0.2, 0) is 6.54 Å². The first-order chi connectivity index (χ1) is 12.2. The summed E-state index contributed by atoms with van der Waals surface area (Å²) in [6.07, 6.45) is 4.73. The summed E-state index contributed by atoms with van der Waals surface area (Å²) in [6, 6.07) is 11.2. The van der Waals surface area contributed by atoms with Gasteiger partial charge in [-0.25, -0.2) is 19.2 Å². The molecule has 0 atom stereocenters. The van der Waals surface area contributed by atoms with Crippen LogP contribution in [0.3, 0.4) is 0 Å². The van der Waals surface area contributed by atoms with Gasteiger partial charge in [-0.2, -0.15) is 10.2 Å². The highest BCUT2D eigenvalue weighted by atomic mass is 16.1. The molecule has 0 unspecified atom stereocenters. The van der Waals surface area contributed by atoms with Crippen LogP contribution in [0.5, 0.6) is 0 Å². The number of nitrogens with zero attached hydrogens (tertiary/aromatic N) is 6. The number of hydrogen-bond donors (Lipinski definition) is 1. The van der Waals surface area contributed by atoms with Gasteiger partial charge in [-0.15, -0.1) is 0 Å². The van der Waals surface area contributed by atoms with Crippen LogP contribution in [0.4, 0.5) is 0 Å². The number of pyridine rings is 2. The van der Waals surface area contributed by atoms with E-state index >= 15 is 0 Å². The molecule has 25 heavy (non-hydrogen) atoms. The molecule has 4 rings (SSSR count). The van der Waals surface area contributed by atoms with Crippen molar-refractivity contribution in [3.63, 3.8) is 0 Å². The lowest BCUT2D eigenvalue weighted by molar-refractivity contribution is 0.0949. The standard InChI is InChI=1S/C17H15N7O/c1-12-14(10-21-23(12)15-6-2-3-8-18-15)17(25)19-9-13-5-4-7-16-20-11-22-24(13)16/h2-8,10-11H,9H2,1H3,(H,19,25). The fraction of sp³-hybridized carbons (Fsp3) is 0.118. The van der Waals surface area contributed by atoms with Crippen LogP contribution in [0.1, 0.15) is 21.7 Å². The maximum absolute atomic E-state index is 12.5. The molecule has 0 aliphatic heterocycles. The van der Waals surface area contributed by atoms with Gasteiger partial charge in [-0.1, -0.05) is 12.1 Å². The normalized spacial score (nSPS) is 10.9. The summed E-state index contributed by atoms with van der Waals surface area (Å²) in [5.41, 5.74) is 2.83. The zero-order valence-corrected chi connectivity index (χ0v) is 13.5. The van der Waals surface area contributed by atoms with E-state index in [-0.39, 0.29) is 5.91 Å². The van der Waals surface area contributed by atoms with Gasteiger partial charge in [0.1, 0.15) is 6.33 Å². The van der Waals surface area contributed by atoms with Crippen molar-refractivity contribution in [3.8, 4) is 5.82 Å². The molecule has 4 heterocycles. The van der Waals surface area contributed by atoms with Crippen LogP contribution in [0.2, 0.25) is 0 Å². The van der Waals surface area contributed by atoms with Crippen LogP contribution in [0.25, 0.3) is 11.5 Å². The number of aromatic nitrogens is 6. The third-order valence-corrected chi connectivity index (χ3v) is 3.93. The third kappa shape index (κ3) is 2.74. The molecular formula is C17H15N7O. The summed E-state index contributed by atoms with van der Waals surface area (Å²) in [6.45, 7) is 2.18. The van der Waals surface area contributed by atoms with E-state index < -0.39 is 0 Å². The molecule has 0 saturated carbocycles. The first kappa shape index (κ1) is 15.0. The molecule has 0 spiro atoms. The highest BCUT2D eigenvalue weighted by molar-refractivity contribution is 5.95. The van der Waals surface area contributed by atoms with Gasteiger partial charge in [0.25, 0.3) is 5.91 Å². The summed E-state index contributed by atoms with van der Waals surface area (Å²) >= 11 is 0. The molecule has 0 aromatic carbocycles. The molecule has 1 amide bonds. The monoisotopic (exact) mass is 333 g/mol. The van der Waals surface area contributed by atoms with Crippen molar-refractivity contribution in [2.24, 2.45) is 0 Å². The highest BCUT2D eigenvalue weighted by Gasteiger charge is 2.15. The van der Waals surface area contributed by atoms with Crippen molar-refractivity contribution in [2.75, 3.05) is 0 Å². The summed E-state index contributed by atoms with van der Waals surface area (Å²) in [4.78, 5) is 20.9. The lowest BCUT2D eigenvalue weighted by atomic mass is 10.2. The largest absolute Gasteiger partial charge is 0.346 e. The van der Waals surface area contributed by atoms with E-state index in [1.54, 1.807) is 21.6 Å². The van der Waals surface area contributed by atoms with Gasteiger partial charge in [0.2, 0.25) is 0 Å². The van der Waals surface area contributed by atoms with Crippen molar-refractivity contribution in [1.82, 2.24) is 34.7 Å². The second-order valence-corrected chi connectivity index (χ2v) is 5.47. The van der Waals surface area contributed by atoms with Crippen molar-refractivity contribution < 1.29 is 4.79 Å². The fourth-order valence-electron chi connectivity index (χ4n) is 2.64. The Bertz CT molecular complexity index is 1040. The first-order valence-electron chi connectivity index (χ1n) is 7.76. The van der Waals surface area contributed by atoms with Crippen LogP contribution in [0, 0.1) is 6.92 Å². The van der Waals surface area contributed by atoms with Gasteiger partial charge in [0, 0.05) is 6.20 Å². The molecule has 0 radical (unpaired) electrons. The van der Waals surface area contributed by atoms with Crippen molar-refractivity contribution >= 4 is 11.6 Å². The van der Waals surface area contributed by atoms with E-state index in [1.165, 1.54) is 6.33 Å². The SMILES string of the molecule is Cc1c(C(=O)NCc2cccc3ncnn23)cnn1-c1ccccn1. The molecule has 0 aliphatic carbocycles. The maximum Gasteiger partial charge on any atom is 0.255 e. The van der Waals surface area contributed by atoms with Crippen LogP contribution < -0.4 is 5.32 Å². The highest BCUT2D eigenvalue weighted by Crippen LogP contribution is 2.12. The summed E-state index contributed by atoms with van der Waals surface area (Å²) in [5, 5.41) is 11.3. The minimum Gasteiger partial charge on any atom is -0.346 e. The van der Waals surface area contributed by atoms with E-state index in [4.69, 9.17) is 0 Å². The Balaban J connectivity index is 1.54. The lowest BCUT2D eigenvalue weighted by Crippen LogP contribution is -2.24. The predicted octanol–water partition coefficient (Wildman–Crippen LogP) is 1.55. The first-order valence-corrected chi connectivity index (χ1v) is 7.76. The Hall–Kier alpha value is -3.55. The average molecular weight is 333 g/mol. The Labute approximate surface area is 143 Å². The molecule has 0 fully saturated rings. The molecule has 124 valence electrons. The van der Waals surface area contributed by atoms with Gasteiger partial charge < -0.3 is 5.32 Å². The molecule has 4 aromatic heterocycles. The number of nitrogens with one attached hydrogen (secondary N) is 1. The zero-order valence-electron chi connectivity index (χ0n) is 13.5. The van der Waals surface area contributed by atoms with Crippen molar-refractivity contribution in [3.05, 3.63) is 72.1 Å². The van der Waals surface area contributed by atoms with E-state index in [0.717, 1.165) is 17.0 Å². The smallest absolute Gasteiger partial charge is 0.255 e. The van der Waals surface area contributed by atoms with Gasteiger partial charge in [0.15, 0.2) is 11.5 Å². The second-order valence-electron chi connectivity index (χ2n) is 5.47. The number of amides is 1. The van der Waals surface area contributed by atoms with E-state index in [1.807, 2.05) is 43.3 Å². The van der Waals surface area contributed by atoms with Crippen LogP contribution >= 0.6 is 0 Å². The maximum atomic E-state index is 12.5. The number of fused-ring (bicyclic) bond motifs is 1. The molecule has 8 nitrogen and oxygen atoms in total. The second kappa shape index (κ2) is 6.16. The van der Waals surface area contributed by atoms with E-state index in [2.05, 4.69) is 25.5 Å². The van der Waals surface area contributed by atoms with Crippen LogP contribution in [0.15, 0.2) is 55.1 Å². The minimum absolute atomic E-state index is 0.197. The Morgan fingerprint density at radius 1 is 1.12 bits per heavy atom. The fourth-order valence-corrected chi connectivity index (χ4v) is 2.64. The summed E-state index contributed by atoms with van der Waals surface area (Å²) < 4.78 is 3.34. The van der Waals surface area contributed by atoms with Crippen molar-refractivity contribution in [2.45, 2.75) is 13.5 Å². The number of carbonyl (C=O) groups is 1. The predicted molar refractivity (Wildman–Crippen MR) is 90.3 cm³/mol. The molecule has 0 bridgehead atoms. The average Bonchev–Trinajstić information content (AvgIpc) is 3.27.